The summed E-state index contributed by atoms with van der Waals surface area (Å²) in [7, 11) is 1.63. The van der Waals surface area contributed by atoms with Gasteiger partial charge in [0.15, 0.2) is 11.8 Å². The molecule has 2 aromatic rings. The van der Waals surface area contributed by atoms with E-state index in [1.807, 2.05) is 35.9 Å². The van der Waals surface area contributed by atoms with Crippen LogP contribution in [0.1, 0.15) is 56.4 Å². The molecular weight excluding hydrogens is 368 g/mol. The minimum atomic E-state index is -0.668. The number of nitrogens with one attached hydrogen (secondary N) is 2. The first-order valence-corrected chi connectivity index (χ1v) is 10.3. The van der Waals surface area contributed by atoms with E-state index < -0.39 is 6.10 Å². The minimum Gasteiger partial charge on any atom is -0.497 e. The van der Waals surface area contributed by atoms with Crippen LogP contribution in [0.15, 0.2) is 29.3 Å². The summed E-state index contributed by atoms with van der Waals surface area (Å²) in [6.07, 6.45) is 1.20. The molecule has 2 unspecified atom stereocenters. The van der Waals surface area contributed by atoms with Gasteiger partial charge >= 0.3 is 0 Å². The molecule has 3 rings (SSSR count). The van der Waals surface area contributed by atoms with Crippen LogP contribution in [-0.4, -0.2) is 52.1 Å². The molecule has 1 aliphatic heterocycles. The van der Waals surface area contributed by atoms with Gasteiger partial charge in [-0.2, -0.15) is 5.10 Å². The van der Waals surface area contributed by atoms with Crippen LogP contribution in [0.25, 0.3) is 0 Å². The number of hydrogen-bond donors (Lipinski definition) is 3. The van der Waals surface area contributed by atoms with Crippen molar-refractivity contribution in [1.82, 2.24) is 25.4 Å². The highest BCUT2D eigenvalue weighted by molar-refractivity contribution is 5.80. The van der Waals surface area contributed by atoms with Gasteiger partial charge in [0.1, 0.15) is 11.6 Å². The number of rotatable bonds is 7. The topological polar surface area (TPSA) is 96.6 Å². The van der Waals surface area contributed by atoms with E-state index in [4.69, 9.17) is 4.74 Å². The fourth-order valence-electron chi connectivity index (χ4n) is 3.31. The second-order valence-corrected chi connectivity index (χ2v) is 7.61. The molecule has 0 spiro atoms. The lowest BCUT2D eigenvalue weighted by molar-refractivity contribution is 0.187. The Bertz CT molecular complexity index is 815. The highest BCUT2D eigenvalue weighted by Gasteiger charge is 2.23. The van der Waals surface area contributed by atoms with Crippen LogP contribution in [0.5, 0.6) is 5.75 Å². The molecule has 1 aliphatic rings. The maximum absolute atomic E-state index is 10.5. The van der Waals surface area contributed by atoms with Gasteiger partial charge in [-0.05, 0) is 31.0 Å². The number of nitrogens with zero attached hydrogens (tertiary/aromatic N) is 4. The van der Waals surface area contributed by atoms with Gasteiger partial charge in [-0.1, -0.05) is 26.0 Å². The zero-order chi connectivity index (χ0) is 20.8. The first kappa shape index (κ1) is 21.1. The molecule has 0 saturated heterocycles. The van der Waals surface area contributed by atoms with Gasteiger partial charge in [-0.25, -0.2) is 9.67 Å². The molecule has 0 fully saturated rings. The maximum atomic E-state index is 10.5. The first-order chi connectivity index (χ1) is 14.0. The fraction of sp³-hybridized carbons (Fsp3) is 0.571. The average molecular weight is 401 g/mol. The molecule has 8 heteroatoms. The standard InChI is InChI=1S/C21H32N6O2/c1-5-22-21(23-12-18(28)15-6-9-17(29-4)10-7-15)24-16-8-11-19-25-20(14(2)3)26-27(19)13-16/h6-7,9-10,14,16,18,28H,5,8,11-13H2,1-4H3,(H2,22,23,24). The summed E-state index contributed by atoms with van der Waals surface area (Å²) in [5.74, 6) is 3.77. The van der Waals surface area contributed by atoms with E-state index in [0.717, 1.165) is 48.9 Å². The molecule has 158 valence electrons. The number of guanidine groups is 1. The predicted octanol–water partition coefficient (Wildman–Crippen LogP) is 2.01. The van der Waals surface area contributed by atoms with Gasteiger partial charge in [0.2, 0.25) is 0 Å². The first-order valence-electron chi connectivity index (χ1n) is 10.3. The molecule has 2 atom stereocenters. The van der Waals surface area contributed by atoms with E-state index >= 15 is 0 Å². The minimum absolute atomic E-state index is 0.222. The smallest absolute Gasteiger partial charge is 0.191 e. The molecule has 3 N–H and O–H groups in total. The van der Waals surface area contributed by atoms with Gasteiger partial charge in [-0.3, -0.25) is 4.99 Å². The quantitative estimate of drug-likeness (QED) is 0.486. The normalized spacial score (nSPS) is 17.7. The summed E-state index contributed by atoms with van der Waals surface area (Å²) in [6.45, 7) is 8.05. The Morgan fingerprint density at radius 3 is 2.76 bits per heavy atom. The summed E-state index contributed by atoms with van der Waals surface area (Å²) in [6, 6.07) is 7.63. The Balaban J connectivity index is 1.61. The summed E-state index contributed by atoms with van der Waals surface area (Å²) >= 11 is 0. The number of aryl methyl sites for hydroxylation is 1. The van der Waals surface area contributed by atoms with E-state index in [1.165, 1.54) is 0 Å². The second-order valence-electron chi connectivity index (χ2n) is 7.61. The van der Waals surface area contributed by atoms with Gasteiger partial charge in [0, 0.05) is 24.9 Å². The molecule has 29 heavy (non-hydrogen) atoms. The van der Waals surface area contributed by atoms with Crippen molar-refractivity contribution in [3.05, 3.63) is 41.5 Å². The van der Waals surface area contributed by atoms with Crippen LogP contribution in [0.2, 0.25) is 0 Å². The number of hydrogen-bond acceptors (Lipinski definition) is 5. The molecule has 2 heterocycles. The number of ether oxygens (including phenoxy) is 1. The van der Waals surface area contributed by atoms with Crippen molar-refractivity contribution in [2.24, 2.45) is 4.99 Å². The molecule has 0 aliphatic carbocycles. The number of aliphatic imine (C=N–C) groups is 1. The van der Waals surface area contributed by atoms with E-state index in [9.17, 15) is 5.11 Å². The molecule has 0 radical (unpaired) electrons. The number of aliphatic hydroxyl groups is 1. The van der Waals surface area contributed by atoms with Gasteiger partial charge < -0.3 is 20.5 Å². The summed E-state index contributed by atoms with van der Waals surface area (Å²) in [5, 5.41) is 21.8. The molecule has 0 bridgehead atoms. The number of aliphatic hydroxyl groups excluding tert-OH is 1. The van der Waals surface area contributed by atoms with Crippen molar-refractivity contribution >= 4 is 5.96 Å². The molecule has 0 saturated carbocycles. The monoisotopic (exact) mass is 400 g/mol. The number of benzene rings is 1. The van der Waals surface area contributed by atoms with E-state index in [-0.39, 0.29) is 12.6 Å². The summed E-state index contributed by atoms with van der Waals surface area (Å²) in [5.41, 5.74) is 0.816. The Hall–Kier alpha value is -2.61. The number of fused-ring (bicyclic) bond motifs is 1. The largest absolute Gasteiger partial charge is 0.497 e. The van der Waals surface area contributed by atoms with Crippen LogP contribution < -0.4 is 15.4 Å². The van der Waals surface area contributed by atoms with Crippen LogP contribution in [0, 0.1) is 0 Å². The molecular formula is C21H32N6O2. The lowest BCUT2D eigenvalue weighted by Gasteiger charge is -2.25. The predicted molar refractivity (Wildman–Crippen MR) is 113 cm³/mol. The summed E-state index contributed by atoms with van der Waals surface area (Å²) in [4.78, 5) is 9.23. The zero-order valence-corrected chi connectivity index (χ0v) is 17.7. The Morgan fingerprint density at radius 2 is 2.10 bits per heavy atom. The van der Waals surface area contributed by atoms with E-state index in [0.29, 0.717) is 11.9 Å². The molecule has 1 aromatic heterocycles. The van der Waals surface area contributed by atoms with Crippen LogP contribution in [-0.2, 0) is 13.0 Å². The Morgan fingerprint density at radius 1 is 1.34 bits per heavy atom. The summed E-state index contributed by atoms with van der Waals surface area (Å²) < 4.78 is 7.17. The number of methoxy groups -OCH3 is 1. The van der Waals surface area contributed by atoms with Gasteiger partial charge in [0.25, 0.3) is 0 Å². The molecule has 1 aromatic carbocycles. The van der Waals surface area contributed by atoms with Crippen molar-refractivity contribution in [3.63, 3.8) is 0 Å². The molecule has 8 nitrogen and oxygen atoms in total. The maximum Gasteiger partial charge on any atom is 0.191 e. The lowest BCUT2D eigenvalue weighted by atomic mass is 10.1. The van der Waals surface area contributed by atoms with Crippen LogP contribution >= 0.6 is 0 Å². The van der Waals surface area contributed by atoms with Crippen molar-refractivity contribution < 1.29 is 9.84 Å². The third-order valence-corrected chi connectivity index (χ3v) is 5.00. The fourth-order valence-corrected chi connectivity index (χ4v) is 3.31. The highest BCUT2D eigenvalue weighted by atomic mass is 16.5. The van der Waals surface area contributed by atoms with Crippen molar-refractivity contribution in [2.75, 3.05) is 20.2 Å². The number of aromatic nitrogens is 3. The Labute approximate surface area is 172 Å². The van der Waals surface area contributed by atoms with Crippen molar-refractivity contribution in [2.45, 2.75) is 58.2 Å². The second kappa shape index (κ2) is 9.73. The molecule has 0 amide bonds. The van der Waals surface area contributed by atoms with Crippen LogP contribution in [0.3, 0.4) is 0 Å². The SMILES string of the molecule is CCNC(=NCC(O)c1ccc(OC)cc1)NC1CCc2nc(C(C)C)nn2C1. The van der Waals surface area contributed by atoms with Crippen LogP contribution in [0.4, 0.5) is 0 Å². The third kappa shape index (κ3) is 5.47. The third-order valence-electron chi connectivity index (χ3n) is 5.00. The van der Waals surface area contributed by atoms with Gasteiger partial charge in [0.05, 0.1) is 26.3 Å². The van der Waals surface area contributed by atoms with Gasteiger partial charge in [-0.15, -0.1) is 0 Å². The highest BCUT2D eigenvalue weighted by Crippen LogP contribution is 2.19. The lowest BCUT2D eigenvalue weighted by Crippen LogP contribution is -2.47. The van der Waals surface area contributed by atoms with E-state index in [2.05, 4.69) is 39.6 Å². The zero-order valence-electron chi connectivity index (χ0n) is 17.7. The van der Waals surface area contributed by atoms with Crippen molar-refractivity contribution in [3.8, 4) is 5.75 Å². The van der Waals surface area contributed by atoms with E-state index in [1.54, 1.807) is 7.11 Å². The average Bonchev–Trinajstić information content (AvgIpc) is 3.16. The van der Waals surface area contributed by atoms with Crippen molar-refractivity contribution in [1.29, 1.82) is 0 Å². The Kier molecular flexibility index (Phi) is 7.09.